The second kappa shape index (κ2) is 7.56. The number of benzene rings is 1. The van der Waals surface area contributed by atoms with Crippen LogP contribution in [0.2, 0.25) is 0 Å². The standard InChI is InChI=1S/C14H15F3O4/c1-20-11-5-2-4-10(6-7-12(18)19)13(11)21-9-3-8-14(15,16)17/h2,4-7H,3,8-9H2,1H3,(H,18,19)/b7-6+. The third-order valence-electron chi connectivity index (χ3n) is 2.49. The summed E-state index contributed by atoms with van der Waals surface area (Å²) in [5.41, 5.74) is 0.420. The van der Waals surface area contributed by atoms with Gasteiger partial charge in [0.1, 0.15) is 0 Å². The number of carboxylic acids is 1. The van der Waals surface area contributed by atoms with Crippen molar-refractivity contribution in [3.63, 3.8) is 0 Å². The Bertz CT molecular complexity index is 509. The molecule has 116 valence electrons. The van der Waals surface area contributed by atoms with E-state index < -0.39 is 18.6 Å². The van der Waals surface area contributed by atoms with E-state index >= 15 is 0 Å². The molecule has 0 atom stereocenters. The van der Waals surface area contributed by atoms with Gasteiger partial charge in [0.05, 0.1) is 13.7 Å². The van der Waals surface area contributed by atoms with Crippen molar-refractivity contribution in [1.82, 2.24) is 0 Å². The SMILES string of the molecule is COc1cccc(/C=C/C(=O)O)c1OCCCC(F)(F)F. The monoisotopic (exact) mass is 304 g/mol. The first-order valence-corrected chi connectivity index (χ1v) is 6.11. The number of para-hydroxylation sites is 1. The topological polar surface area (TPSA) is 55.8 Å². The fourth-order valence-electron chi connectivity index (χ4n) is 1.59. The van der Waals surface area contributed by atoms with Crippen LogP contribution in [0.5, 0.6) is 11.5 Å². The summed E-state index contributed by atoms with van der Waals surface area (Å²) in [7, 11) is 1.39. The zero-order chi connectivity index (χ0) is 15.9. The average Bonchev–Trinajstić information content (AvgIpc) is 2.40. The van der Waals surface area contributed by atoms with E-state index in [9.17, 15) is 18.0 Å². The minimum atomic E-state index is -4.23. The van der Waals surface area contributed by atoms with Gasteiger partial charge in [0.2, 0.25) is 0 Å². The van der Waals surface area contributed by atoms with Crippen molar-refractivity contribution in [3.05, 3.63) is 29.8 Å². The van der Waals surface area contributed by atoms with Gasteiger partial charge in [0.15, 0.2) is 11.5 Å². The van der Waals surface area contributed by atoms with Gasteiger partial charge in [-0.25, -0.2) is 4.79 Å². The normalized spacial score (nSPS) is 11.6. The zero-order valence-electron chi connectivity index (χ0n) is 11.3. The van der Waals surface area contributed by atoms with Crippen LogP contribution in [0.4, 0.5) is 13.2 Å². The molecule has 1 aromatic rings. The van der Waals surface area contributed by atoms with Crippen molar-refractivity contribution in [2.75, 3.05) is 13.7 Å². The zero-order valence-corrected chi connectivity index (χ0v) is 11.3. The Labute approximate surface area is 119 Å². The lowest BCUT2D eigenvalue weighted by Crippen LogP contribution is -2.10. The number of hydrogen-bond donors (Lipinski definition) is 1. The van der Waals surface area contributed by atoms with Crippen LogP contribution in [-0.4, -0.2) is 31.0 Å². The lowest BCUT2D eigenvalue weighted by molar-refractivity contribution is -0.136. The molecule has 1 aromatic carbocycles. The van der Waals surface area contributed by atoms with Gasteiger partial charge < -0.3 is 14.6 Å². The van der Waals surface area contributed by atoms with Crippen molar-refractivity contribution >= 4 is 12.0 Å². The van der Waals surface area contributed by atoms with Crippen molar-refractivity contribution in [3.8, 4) is 11.5 Å². The second-order valence-electron chi connectivity index (χ2n) is 4.12. The Morgan fingerprint density at radius 1 is 1.38 bits per heavy atom. The fraction of sp³-hybridized carbons (Fsp3) is 0.357. The maximum Gasteiger partial charge on any atom is 0.389 e. The van der Waals surface area contributed by atoms with E-state index in [2.05, 4.69) is 0 Å². The number of hydrogen-bond acceptors (Lipinski definition) is 3. The summed E-state index contributed by atoms with van der Waals surface area (Å²) in [6, 6.07) is 4.79. The number of alkyl halides is 3. The Morgan fingerprint density at radius 2 is 2.10 bits per heavy atom. The highest BCUT2D eigenvalue weighted by Crippen LogP contribution is 2.32. The van der Waals surface area contributed by atoms with Crippen LogP contribution in [-0.2, 0) is 4.79 Å². The average molecular weight is 304 g/mol. The number of methoxy groups -OCH3 is 1. The molecule has 0 spiro atoms. The molecular formula is C14H15F3O4. The molecule has 0 bridgehead atoms. The van der Waals surface area contributed by atoms with E-state index in [4.69, 9.17) is 14.6 Å². The molecule has 4 nitrogen and oxygen atoms in total. The summed E-state index contributed by atoms with van der Waals surface area (Å²) in [5, 5.41) is 8.61. The van der Waals surface area contributed by atoms with E-state index in [1.807, 2.05) is 0 Å². The van der Waals surface area contributed by atoms with Gasteiger partial charge in [-0.1, -0.05) is 12.1 Å². The minimum Gasteiger partial charge on any atom is -0.493 e. The number of carboxylic acid groups (broad SMARTS) is 1. The van der Waals surface area contributed by atoms with Crippen molar-refractivity contribution in [2.45, 2.75) is 19.0 Å². The smallest absolute Gasteiger partial charge is 0.389 e. The van der Waals surface area contributed by atoms with E-state index in [0.717, 1.165) is 6.08 Å². The molecule has 0 saturated heterocycles. The predicted octanol–water partition coefficient (Wildman–Crippen LogP) is 3.51. The van der Waals surface area contributed by atoms with Crippen molar-refractivity contribution in [2.24, 2.45) is 0 Å². The molecule has 0 unspecified atom stereocenters. The van der Waals surface area contributed by atoms with Crippen LogP contribution in [0, 0.1) is 0 Å². The third kappa shape index (κ3) is 6.20. The number of rotatable bonds is 7. The summed E-state index contributed by atoms with van der Waals surface area (Å²) in [5.74, 6) is -0.588. The molecule has 0 fully saturated rings. The molecule has 7 heteroatoms. The fourth-order valence-corrected chi connectivity index (χ4v) is 1.59. The Morgan fingerprint density at radius 3 is 2.67 bits per heavy atom. The molecule has 0 aliphatic heterocycles. The largest absolute Gasteiger partial charge is 0.493 e. The highest BCUT2D eigenvalue weighted by molar-refractivity contribution is 5.86. The molecule has 21 heavy (non-hydrogen) atoms. The molecule has 1 N–H and O–H groups in total. The van der Waals surface area contributed by atoms with E-state index in [-0.39, 0.29) is 18.8 Å². The van der Waals surface area contributed by atoms with Gasteiger partial charge in [-0.2, -0.15) is 13.2 Å². The van der Waals surface area contributed by atoms with Crippen LogP contribution in [0.3, 0.4) is 0 Å². The molecule has 0 aliphatic rings. The maximum atomic E-state index is 12.1. The third-order valence-corrected chi connectivity index (χ3v) is 2.49. The number of aliphatic carboxylic acids is 1. The summed E-state index contributed by atoms with van der Waals surface area (Å²) in [6.07, 6.45) is -3.15. The molecule has 0 amide bonds. The highest BCUT2D eigenvalue weighted by atomic mass is 19.4. The quantitative estimate of drug-likeness (QED) is 0.618. The van der Waals surface area contributed by atoms with Crippen molar-refractivity contribution < 1.29 is 32.5 Å². The van der Waals surface area contributed by atoms with Gasteiger partial charge in [-0.15, -0.1) is 0 Å². The summed E-state index contributed by atoms with van der Waals surface area (Å²) >= 11 is 0. The molecule has 0 heterocycles. The molecule has 1 rings (SSSR count). The van der Waals surface area contributed by atoms with Crippen LogP contribution in [0.25, 0.3) is 6.08 Å². The first kappa shape index (κ1) is 16.9. The number of ether oxygens (including phenoxy) is 2. The second-order valence-corrected chi connectivity index (χ2v) is 4.12. The lowest BCUT2D eigenvalue weighted by atomic mass is 10.1. The first-order chi connectivity index (χ1) is 9.83. The van der Waals surface area contributed by atoms with Gasteiger partial charge in [-0.05, 0) is 18.6 Å². The van der Waals surface area contributed by atoms with Gasteiger partial charge in [0, 0.05) is 18.1 Å². The first-order valence-electron chi connectivity index (χ1n) is 6.11. The van der Waals surface area contributed by atoms with Crippen LogP contribution >= 0.6 is 0 Å². The van der Waals surface area contributed by atoms with Crippen LogP contribution in [0.15, 0.2) is 24.3 Å². The Kier molecular flexibility index (Phi) is 6.08. The lowest BCUT2D eigenvalue weighted by Gasteiger charge is -2.13. The summed E-state index contributed by atoms with van der Waals surface area (Å²) < 4.78 is 46.6. The van der Waals surface area contributed by atoms with Gasteiger partial charge in [-0.3, -0.25) is 0 Å². The molecular weight excluding hydrogens is 289 g/mol. The number of halogens is 3. The predicted molar refractivity (Wildman–Crippen MR) is 70.4 cm³/mol. The van der Waals surface area contributed by atoms with E-state index in [1.165, 1.54) is 13.2 Å². The number of carbonyl (C=O) groups is 1. The summed E-state index contributed by atoms with van der Waals surface area (Å²) in [6.45, 7) is -0.145. The molecule has 0 aromatic heterocycles. The minimum absolute atomic E-state index is 0.145. The van der Waals surface area contributed by atoms with E-state index in [1.54, 1.807) is 18.2 Å². The van der Waals surface area contributed by atoms with Gasteiger partial charge >= 0.3 is 12.1 Å². The molecule has 0 saturated carbocycles. The Hall–Kier alpha value is -2.18. The van der Waals surface area contributed by atoms with Crippen LogP contribution < -0.4 is 9.47 Å². The van der Waals surface area contributed by atoms with E-state index in [0.29, 0.717) is 11.3 Å². The Balaban J connectivity index is 2.80. The summed E-state index contributed by atoms with van der Waals surface area (Å²) in [4.78, 5) is 10.5. The molecule has 0 radical (unpaired) electrons. The maximum absolute atomic E-state index is 12.1. The highest BCUT2D eigenvalue weighted by Gasteiger charge is 2.26. The molecule has 0 aliphatic carbocycles. The van der Waals surface area contributed by atoms with Gasteiger partial charge in [0.25, 0.3) is 0 Å². The van der Waals surface area contributed by atoms with Crippen molar-refractivity contribution in [1.29, 1.82) is 0 Å². The van der Waals surface area contributed by atoms with Crippen LogP contribution in [0.1, 0.15) is 18.4 Å².